The van der Waals surface area contributed by atoms with Crippen molar-refractivity contribution in [2.75, 3.05) is 0 Å². The Balaban J connectivity index is 2.58. The van der Waals surface area contributed by atoms with Gasteiger partial charge < -0.3 is 5.73 Å². The first-order valence-corrected chi connectivity index (χ1v) is 4.60. The Labute approximate surface area is 78.5 Å². The average molecular weight is 184 g/mol. The van der Waals surface area contributed by atoms with E-state index in [2.05, 4.69) is 6.92 Å². The maximum Gasteiger partial charge on any atom is 0.0406 e. The zero-order valence-corrected chi connectivity index (χ0v) is 8.01. The molecule has 0 saturated carbocycles. The van der Waals surface area contributed by atoms with Gasteiger partial charge in [-0.25, -0.2) is 0 Å². The molecule has 1 atom stereocenters. The molecule has 12 heavy (non-hydrogen) atoms. The van der Waals surface area contributed by atoms with E-state index < -0.39 is 0 Å². The monoisotopic (exact) mass is 183 g/mol. The Morgan fingerprint density at radius 1 is 1.33 bits per heavy atom. The first-order chi connectivity index (χ1) is 5.72. The van der Waals surface area contributed by atoms with Crippen molar-refractivity contribution in [2.45, 2.75) is 25.8 Å². The predicted octanol–water partition coefficient (Wildman–Crippen LogP) is 2.62. The second-order valence-electron chi connectivity index (χ2n) is 3.00. The molecule has 0 saturated heterocycles. The Kier molecular flexibility index (Phi) is 3.57. The Morgan fingerprint density at radius 2 is 1.92 bits per heavy atom. The topological polar surface area (TPSA) is 26.0 Å². The summed E-state index contributed by atoms with van der Waals surface area (Å²) in [6, 6.07) is 8.13. The summed E-state index contributed by atoms with van der Waals surface area (Å²) in [5.74, 6) is 0. The molecule has 1 rings (SSSR count). The van der Waals surface area contributed by atoms with Gasteiger partial charge in [0.2, 0.25) is 0 Å². The smallest absolute Gasteiger partial charge is 0.0406 e. The second kappa shape index (κ2) is 4.48. The van der Waals surface area contributed by atoms with Crippen molar-refractivity contribution in [1.82, 2.24) is 0 Å². The average Bonchev–Trinajstić information content (AvgIpc) is 2.09. The molecule has 0 bridgehead atoms. The van der Waals surface area contributed by atoms with Gasteiger partial charge in [-0.3, -0.25) is 0 Å². The minimum absolute atomic E-state index is 0.270. The Morgan fingerprint density at radius 3 is 2.42 bits per heavy atom. The van der Waals surface area contributed by atoms with Crippen molar-refractivity contribution in [3.05, 3.63) is 34.9 Å². The van der Waals surface area contributed by atoms with Gasteiger partial charge in [0.25, 0.3) is 0 Å². The molecular weight excluding hydrogens is 170 g/mol. The van der Waals surface area contributed by atoms with Crippen LogP contribution in [-0.4, -0.2) is 6.04 Å². The van der Waals surface area contributed by atoms with E-state index in [0.29, 0.717) is 0 Å². The molecule has 0 aliphatic heterocycles. The van der Waals surface area contributed by atoms with Crippen molar-refractivity contribution < 1.29 is 0 Å². The first-order valence-electron chi connectivity index (χ1n) is 4.22. The maximum absolute atomic E-state index is 5.81. The van der Waals surface area contributed by atoms with E-state index in [4.69, 9.17) is 17.3 Å². The molecule has 2 heteroatoms. The molecule has 0 heterocycles. The number of hydrogen-bond donors (Lipinski definition) is 1. The van der Waals surface area contributed by atoms with Gasteiger partial charge in [0.05, 0.1) is 0 Å². The number of benzene rings is 1. The van der Waals surface area contributed by atoms with Gasteiger partial charge in [0, 0.05) is 11.1 Å². The zero-order chi connectivity index (χ0) is 8.97. The van der Waals surface area contributed by atoms with Crippen molar-refractivity contribution in [2.24, 2.45) is 5.73 Å². The maximum atomic E-state index is 5.81. The number of nitrogens with two attached hydrogens (primary N) is 1. The molecule has 1 aromatic rings. The van der Waals surface area contributed by atoms with Crippen LogP contribution in [0.1, 0.15) is 18.9 Å². The lowest BCUT2D eigenvalue weighted by atomic mass is 10.1. The lowest BCUT2D eigenvalue weighted by Gasteiger charge is -2.07. The summed E-state index contributed by atoms with van der Waals surface area (Å²) < 4.78 is 0. The normalized spacial score (nSPS) is 12.9. The van der Waals surface area contributed by atoms with Gasteiger partial charge in [-0.15, -0.1) is 0 Å². The minimum atomic E-state index is 0.270. The van der Waals surface area contributed by atoms with Gasteiger partial charge in [-0.2, -0.15) is 0 Å². The third-order valence-electron chi connectivity index (χ3n) is 1.94. The molecule has 0 aliphatic rings. The van der Waals surface area contributed by atoms with Gasteiger partial charge in [0.1, 0.15) is 0 Å². The van der Waals surface area contributed by atoms with Gasteiger partial charge in [-0.1, -0.05) is 30.7 Å². The van der Waals surface area contributed by atoms with Crippen LogP contribution in [0.25, 0.3) is 0 Å². The summed E-state index contributed by atoms with van der Waals surface area (Å²) in [6.45, 7) is 2.10. The van der Waals surface area contributed by atoms with E-state index in [1.54, 1.807) is 0 Å². The lowest BCUT2D eigenvalue weighted by molar-refractivity contribution is 0.646. The molecule has 0 spiro atoms. The van der Waals surface area contributed by atoms with Crippen LogP contribution in [0.2, 0.25) is 5.02 Å². The Hall–Kier alpha value is -0.530. The number of hydrogen-bond acceptors (Lipinski definition) is 1. The van der Waals surface area contributed by atoms with Gasteiger partial charge in [0.15, 0.2) is 0 Å². The van der Waals surface area contributed by atoms with Crippen molar-refractivity contribution in [1.29, 1.82) is 0 Å². The molecule has 0 radical (unpaired) electrons. The minimum Gasteiger partial charge on any atom is -0.327 e. The van der Waals surface area contributed by atoms with Crippen molar-refractivity contribution >= 4 is 11.6 Å². The van der Waals surface area contributed by atoms with Crippen LogP contribution < -0.4 is 5.73 Å². The zero-order valence-electron chi connectivity index (χ0n) is 7.26. The summed E-state index contributed by atoms with van der Waals surface area (Å²) in [4.78, 5) is 0. The Bertz CT molecular complexity index is 230. The fourth-order valence-corrected chi connectivity index (χ4v) is 1.19. The molecule has 0 unspecified atom stereocenters. The molecule has 2 N–H and O–H groups in total. The van der Waals surface area contributed by atoms with Gasteiger partial charge >= 0.3 is 0 Å². The molecule has 0 aliphatic carbocycles. The van der Waals surface area contributed by atoms with E-state index in [0.717, 1.165) is 17.9 Å². The van der Waals surface area contributed by atoms with Crippen LogP contribution in [0.3, 0.4) is 0 Å². The number of halogens is 1. The van der Waals surface area contributed by atoms with Crippen LogP contribution in [0.5, 0.6) is 0 Å². The van der Waals surface area contributed by atoms with Crippen LogP contribution in [0.4, 0.5) is 0 Å². The highest BCUT2D eigenvalue weighted by Gasteiger charge is 2.00. The van der Waals surface area contributed by atoms with Crippen molar-refractivity contribution in [3.63, 3.8) is 0 Å². The highest BCUT2D eigenvalue weighted by atomic mass is 35.5. The molecule has 0 aromatic heterocycles. The molecule has 1 aromatic carbocycles. The summed E-state index contributed by atoms with van der Waals surface area (Å²) >= 11 is 5.75. The summed E-state index contributed by atoms with van der Waals surface area (Å²) in [5.41, 5.74) is 7.07. The van der Waals surface area contributed by atoms with E-state index in [1.807, 2.05) is 24.3 Å². The largest absolute Gasteiger partial charge is 0.327 e. The molecule has 66 valence electrons. The van der Waals surface area contributed by atoms with Crippen LogP contribution in [-0.2, 0) is 6.42 Å². The molecule has 0 fully saturated rings. The SMILES string of the molecule is CC[C@H](N)Cc1ccc(Cl)cc1. The third-order valence-corrected chi connectivity index (χ3v) is 2.19. The molecule has 0 amide bonds. The third kappa shape index (κ3) is 2.84. The molecular formula is C10H14ClN. The predicted molar refractivity (Wildman–Crippen MR) is 53.4 cm³/mol. The van der Waals surface area contributed by atoms with E-state index in [1.165, 1.54) is 5.56 Å². The summed E-state index contributed by atoms with van der Waals surface area (Å²) in [6.07, 6.45) is 1.95. The lowest BCUT2D eigenvalue weighted by Crippen LogP contribution is -2.21. The van der Waals surface area contributed by atoms with Gasteiger partial charge in [-0.05, 0) is 30.5 Å². The highest BCUT2D eigenvalue weighted by Crippen LogP contribution is 2.11. The number of rotatable bonds is 3. The summed E-state index contributed by atoms with van der Waals surface area (Å²) in [5, 5.41) is 0.781. The first kappa shape index (κ1) is 9.56. The van der Waals surface area contributed by atoms with E-state index in [-0.39, 0.29) is 6.04 Å². The fraction of sp³-hybridized carbons (Fsp3) is 0.400. The van der Waals surface area contributed by atoms with Crippen LogP contribution >= 0.6 is 11.6 Å². The fourth-order valence-electron chi connectivity index (χ4n) is 1.07. The highest BCUT2D eigenvalue weighted by molar-refractivity contribution is 6.30. The van der Waals surface area contributed by atoms with Crippen LogP contribution in [0, 0.1) is 0 Å². The second-order valence-corrected chi connectivity index (χ2v) is 3.44. The van der Waals surface area contributed by atoms with E-state index >= 15 is 0 Å². The summed E-state index contributed by atoms with van der Waals surface area (Å²) in [7, 11) is 0. The molecule has 1 nitrogen and oxygen atoms in total. The standard InChI is InChI=1S/C10H14ClN/c1-2-10(12)7-8-3-5-9(11)6-4-8/h3-6,10H,2,7,12H2,1H3/t10-/m0/s1. The van der Waals surface area contributed by atoms with Crippen molar-refractivity contribution in [3.8, 4) is 0 Å². The van der Waals surface area contributed by atoms with E-state index in [9.17, 15) is 0 Å². The van der Waals surface area contributed by atoms with Crippen LogP contribution in [0.15, 0.2) is 24.3 Å². The quantitative estimate of drug-likeness (QED) is 0.766.